The zero-order valence-corrected chi connectivity index (χ0v) is 8.52. The van der Waals surface area contributed by atoms with Crippen molar-refractivity contribution < 1.29 is 27.6 Å². The number of nitrogens with two attached hydrogens (primary N) is 1. The van der Waals surface area contributed by atoms with Crippen molar-refractivity contribution in [3.8, 4) is 5.75 Å². The van der Waals surface area contributed by atoms with Gasteiger partial charge in [-0.3, -0.25) is 20.3 Å². The van der Waals surface area contributed by atoms with Gasteiger partial charge in [-0.2, -0.15) is 8.78 Å². The number of rotatable bonds is 4. The van der Waals surface area contributed by atoms with Gasteiger partial charge < -0.3 is 4.74 Å². The summed E-state index contributed by atoms with van der Waals surface area (Å²) in [6.45, 7) is 0. The molecule has 0 aliphatic rings. The van der Waals surface area contributed by atoms with Gasteiger partial charge >= 0.3 is 17.7 Å². The molecule has 0 heterocycles. The summed E-state index contributed by atoms with van der Waals surface area (Å²) in [6.07, 6.45) is -4.42. The first-order chi connectivity index (χ1) is 8.27. The number of ether oxygens (including phenoxy) is 1. The maximum Gasteiger partial charge on any atom is 0.483 e. The summed E-state index contributed by atoms with van der Waals surface area (Å²) < 4.78 is 42.6. The highest BCUT2D eigenvalue weighted by atomic mass is 19.3. The Labute approximate surface area is 97.4 Å². The second kappa shape index (κ2) is 4.87. The van der Waals surface area contributed by atoms with E-state index in [1.807, 2.05) is 0 Å². The van der Waals surface area contributed by atoms with Crippen molar-refractivity contribution in [3.63, 3.8) is 0 Å². The molecule has 0 saturated carbocycles. The fraction of sp³-hybridized carbons (Fsp3) is 0.125. The average Bonchev–Trinajstić information content (AvgIpc) is 2.29. The van der Waals surface area contributed by atoms with E-state index in [-0.39, 0.29) is 0 Å². The number of nitrogens with zero attached hydrogens (tertiary/aromatic N) is 1. The number of hydrogen-bond donors (Lipinski definition) is 2. The second-order valence-electron chi connectivity index (χ2n) is 2.96. The predicted octanol–water partition coefficient (Wildman–Crippen LogP) is 0.695. The van der Waals surface area contributed by atoms with Crippen molar-refractivity contribution in [1.29, 1.82) is 0 Å². The third kappa shape index (κ3) is 2.85. The normalized spacial score (nSPS) is 10.9. The molecule has 0 fully saturated rings. The van der Waals surface area contributed by atoms with Crippen LogP contribution >= 0.6 is 0 Å². The number of carbonyl (C=O) groups is 1. The minimum atomic E-state index is -4.42. The van der Waals surface area contributed by atoms with Crippen molar-refractivity contribution in [2.75, 3.05) is 0 Å². The molecule has 10 heteroatoms. The highest BCUT2D eigenvalue weighted by Gasteiger charge is 2.43. The predicted molar refractivity (Wildman–Crippen MR) is 51.0 cm³/mol. The molecule has 0 bridgehead atoms. The number of nitro benzene ring substituents is 1. The van der Waals surface area contributed by atoms with E-state index in [0.717, 1.165) is 5.43 Å². The second-order valence-corrected chi connectivity index (χ2v) is 2.96. The molecule has 1 rings (SSSR count). The molecule has 0 unspecified atom stereocenters. The van der Waals surface area contributed by atoms with E-state index in [1.54, 1.807) is 0 Å². The Morgan fingerprint density at radius 1 is 1.50 bits per heavy atom. The molecule has 98 valence electrons. The van der Waals surface area contributed by atoms with E-state index in [1.165, 1.54) is 0 Å². The molecule has 0 aliphatic heterocycles. The first-order valence-corrected chi connectivity index (χ1v) is 4.29. The topological polar surface area (TPSA) is 107 Å². The van der Waals surface area contributed by atoms with Gasteiger partial charge in [-0.25, -0.2) is 10.2 Å². The van der Waals surface area contributed by atoms with E-state index < -0.39 is 34.2 Å². The smallest absolute Gasteiger partial charge is 0.418 e. The number of hydrazine groups is 1. The Morgan fingerprint density at radius 2 is 2.11 bits per heavy atom. The summed E-state index contributed by atoms with van der Waals surface area (Å²) >= 11 is 0. The maximum absolute atomic E-state index is 13.0. The Kier molecular flexibility index (Phi) is 3.71. The van der Waals surface area contributed by atoms with E-state index in [2.05, 4.69) is 10.6 Å². The van der Waals surface area contributed by atoms with Gasteiger partial charge in [0.25, 0.3) is 0 Å². The third-order valence-corrected chi connectivity index (χ3v) is 1.75. The monoisotopic (exact) mass is 265 g/mol. The van der Waals surface area contributed by atoms with Crippen LogP contribution in [-0.4, -0.2) is 16.9 Å². The molecular weight excluding hydrogens is 259 g/mol. The lowest BCUT2D eigenvalue weighted by atomic mass is 10.3. The van der Waals surface area contributed by atoms with Gasteiger partial charge in [0.05, 0.1) is 11.0 Å². The van der Waals surface area contributed by atoms with E-state index in [0.29, 0.717) is 18.2 Å². The lowest BCUT2D eigenvalue weighted by molar-refractivity contribution is -0.387. The molecule has 0 atom stereocenters. The average molecular weight is 265 g/mol. The molecule has 0 saturated heterocycles. The largest absolute Gasteiger partial charge is 0.483 e. The minimum absolute atomic E-state index is 0.381. The summed E-state index contributed by atoms with van der Waals surface area (Å²) in [5.74, 6) is 0.505. The number of amides is 1. The van der Waals surface area contributed by atoms with Crippen LogP contribution in [0.5, 0.6) is 5.75 Å². The van der Waals surface area contributed by atoms with Gasteiger partial charge in [0.2, 0.25) is 5.75 Å². The van der Waals surface area contributed by atoms with Crippen LogP contribution in [0.1, 0.15) is 0 Å². The first kappa shape index (κ1) is 13.7. The number of benzene rings is 1. The summed E-state index contributed by atoms with van der Waals surface area (Å²) in [6, 6.07) is 1.65. The molecular formula is C8H6F3N3O4. The van der Waals surface area contributed by atoms with Gasteiger partial charge in [0.15, 0.2) is 0 Å². The third-order valence-electron chi connectivity index (χ3n) is 1.75. The number of alkyl halides is 2. The lowest BCUT2D eigenvalue weighted by Gasteiger charge is -2.15. The highest BCUT2D eigenvalue weighted by molar-refractivity contribution is 5.81. The van der Waals surface area contributed by atoms with Crippen molar-refractivity contribution in [2.45, 2.75) is 6.11 Å². The molecule has 0 spiro atoms. The molecule has 7 nitrogen and oxygen atoms in total. The summed E-state index contributed by atoms with van der Waals surface area (Å²) in [5, 5.41) is 10.5. The SMILES string of the molecule is NNC(=O)C(F)(F)Oc1ccc(F)cc1[N+](=O)[O-]. The minimum Gasteiger partial charge on any atom is -0.418 e. The number of hydrogen-bond acceptors (Lipinski definition) is 5. The zero-order chi connectivity index (χ0) is 13.9. The number of nitro groups is 1. The lowest BCUT2D eigenvalue weighted by Crippen LogP contribution is -2.47. The van der Waals surface area contributed by atoms with E-state index >= 15 is 0 Å². The van der Waals surface area contributed by atoms with Crippen LogP contribution in [0.25, 0.3) is 0 Å². The van der Waals surface area contributed by atoms with Crippen LogP contribution in [0, 0.1) is 15.9 Å². The molecule has 1 amide bonds. The first-order valence-electron chi connectivity index (χ1n) is 4.29. The molecule has 3 N–H and O–H groups in total. The van der Waals surface area contributed by atoms with Gasteiger partial charge in [0.1, 0.15) is 5.82 Å². The van der Waals surface area contributed by atoms with Gasteiger partial charge in [-0.05, 0) is 12.1 Å². The Morgan fingerprint density at radius 3 is 2.61 bits per heavy atom. The molecule has 0 aromatic heterocycles. The van der Waals surface area contributed by atoms with Gasteiger partial charge in [0, 0.05) is 0 Å². The van der Waals surface area contributed by atoms with E-state index in [9.17, 15) is 28.1 Å². The van der Waals surface area contributed by atoms with Crippen LogP contribution in [-0.2, 0) is 4.79 Å². The summed E-state index contributed by atoms with van der Waals surface area (Å²) in [7, 11) is 0. The fourth-order valence-corrected chi connectivity index (χ4v) is 0.988. The Balaban J connectivity index is 3.11. The van der Waals surface area contributed by atoms with Crippen molar-refractivity contribution in [2.24, 2.45) is 5.84 Å². The highest BCUT2D eigenvalue weighted by Crippen LogP contribution is 2.31. The Hall–Kier alpha value is -2.36. The van der Waals surface area contributed by atoms with Crippen LogP contribution in [0.2, 0.25) is 0 Å². The number of nitrogens with one attached hydrogen (secondary N) is 1. The fourth-order valence-electron chi connectivity index (χ4n) is 0.988. The zero-order valence-electron chi connectivity index (χ0n) is 8.52. The standard InChI is InChI=1S/C8H6F3N3O4/c9-4-1-2-6(5(3-4)14(16)17)18-8(10,11)7(15)13-12/h1-3H,12H2,(H,13,15). The molecule has 1 aromatic rings. The van der Waals surface area contributed by atoms with Crippen LogP contribution in [0.15, 0.2) is 18.2 Å². The Bertz CT molecular complexity index is 494. The van der Waals surface area contributed by atoms with Gasteiger partial charge in [-0.1, -0.05) is 0 Å². The molecule has 0 radical (unpaired) electrons. The van der Waals surface area contributed by atoms with Crippen LogP contribution in [0.3, 0.4) is 0 Å². The van der Waals surface area contributed by atoms with Crippen molar-refractivity contribution >= 4 is 11.6 Å². The quantitative estimate of drug-likeness (QED) is 0.360. The van der Waals surface area contributed by atoms with Crippen LogP contribution in [0.4, 0.5) is 18.9 Å². The molecule has 1 aromatic carbocycles. The maximum atomic E-state index is 13.0. The van der Waals surface area contributed by atoms with Crippen molar-refractivity contribution in [3.05, 3.63) is 34.1 Å². The van der Waals surface area contributed by atoms with Gasteiger partial charge in [-0.15, -0.1) is 0 Å². The van der Waals surface area contributed by atoms with Crippen LogP contribution < -0.4 is 16.0 Å². The molecule has 0 aliphatic carbocycles. The summed E-state index contributed by atoms with van der Waals surface area (Å²) in [5.41, 5.74) is 0.0856. The van der Waals surface area contributed by atoms with E-state index in [4.69, 9.17) is 0 Å². The number of carbonyl (C=O) groups excluding carboxylic acids is 1. The van der Waals surface area contributed by atoms with Crippen molar-refractivity contribution in [1.82, 2.24) is 5.43 Å². The summed E-state index contributed by atoms with van der Waals surface area (Å²) in [4.78, 5) is 20.0. The number of halogens is 3. The molecule has 18 heavy (non-hydrogen) atoms.